The van der Waals surface area contributed by atoms with Crippen molar-refractivity contribution in [3.05, 3.63) is 40.7 Å². The van der Waals surface area contributed by atoms with Crippen molar-refractivity contribution in [2.45, 2.75) is 6.18 Å². The molecule has 0 N–H and O–H groups in total. The van der Waals surface area contributed by atoms with Gasteiger partial charge in [-0.3, -0.25) is 9.78 Å². The first-order chi connectivity index (χ1) is 8.00. The van der Waals surface area contributed by atoms with Gasteiger partial charge in [0.1, 0.15) is 5.69 Å². The molecule has 0 aliphatic rings. The third-order valence-electron chi connectivity index (χ3n) is 1.96. The summed E-state index contributed by atoms with van der Waals surface area (Å²) in [5.41, 5.74) is -1.66. The zero-order valence-corrected chi connectivity index (χ0v) is 8.92. The van der Waals surface area contributed by atoms with Crippen LogP contribution < -0.4 is 0 Å². The Bertz CT molecular complexity index is 539. The maximum absolute atomic E-state index is 12.6. The fourth-order valence-corrected chi connectivity index (χ4v) is 1.66. The lowest BCUT2D eigenvalue weighted by Gasteiger charge is -2.09. The Morgan fingerprint density at radius 1 is 1.35 bits per heavy atom. The Morgan fingerprint density at radius 2 is 2.12 bits per heavy atom. The van der Waals surface area contributed by atoms with E-state index in [-0.39, 0.29) is 5.69 Å². The second kappa shape index (κ2) is 4.21. The minimum Gasteiger partial charge on any atom is -0.287 e. The molecule has 8 heteroatoms. The van der Waals surface area contributed by atoms with Gasteiger partial charge in [-0.15, -0.1) is 5.10 Å². The third-order valence-corrected chi connectivity index (χ3v) is 2.47. The molecule has 0 atom stereocenters. The van der Waals surface area contributed by atoms with Crippen LogP contribution >= 0.6 is 11.5 Å². The van der Waals surface area contributed by atoms with Crippen LogP contribution in [0.25, 0.3) is 0 Å². The van der Waals surface area contributed by atoms with Gasteiger partial charge in [0.15, 0.2) is 0 Å². The van der Waals surface area contributed by atoms with Gasteiger partial charge in [-0.25, -0.2) is 0 Å². The van der Waals surface area contributed by atoms with E-state index in [9.17, 15) is 18.0 Å². The van der Waals surface area contributed by atoms with E-state index in [2.05, 4.69) is 14.6 Å². The van der Waals surface area contributed by atoms with Crippen molar-refractivity contribution in [2.75, 3.05) is 0 Å². The molecule has 0 fully saturated rings. The number of carbonyl (C=O) groups excluding carboxylic acids is 1. The van der Waals surface area contributed by atoms with Gasteiger partial charge in [-0.05, 0) is 17.6 Å². The fraction of sp³-hybridized carbons (Fsp3) is 0.111. The van der Waals surface area contributed by atoms with Crippen LogP contribution in [0.4, 0.5) is 13.2 Å². The van der Waals surface area contributed by atoms with E-state index >= 15 is 0 Å². The molecule has 0 aromatic carbocycles. The summed E-state index contributed by atoms with van der Waals surface area (Å²) in [6.45, 7) is 0. The van der Waals surface area contributed by atoms with E-state index in [1.807, 2.05) is 0 Å². The summed E-state index contributed by atoms with van der Waals surface area (Å²) in [7, 11) is 0. The van der Waals surface area contributed by atoms with Crippen LogP contribution in [-0.2, 0) is 6.18 Å². The van der Waals surface area contributed by atoms with Crippen molar-refractivity contribution >= 4 is 17.3 Å². The Labute approximate surface area is 97.3 Å². The number of hydrogen-bond donors (Lipinski definition) is 0. The summed E-state index contributed by atoms with van der Waals surface area (Å²) in [5.74, 6) is -0.834. The largest absolute Gasteiger partial charge is 0.417 e. The first-order valence-corrected chi connectivity index (χ1v) is 5.17. The normalized spacial score (nSPS) is 11.5. The number of aromatic nitrogens is 3. The summed E-state index contributed by atoms with van der Waals surface area (Å²) < 4.78 is 41.3. The van der Waals surface area contributed by atoms with Crippen LogP contribution in [0.3, 0.4) is 0 Å². The van der Waals surface area contributed by atoms with Crippen LogP contribution in [0.1, 0.15) is 21.6 Å². The molecule has 0 bridgehead atoms. The standard InChI is InChI=1S/C9H4F3N3OS/c10-9(11,12)6-1-2-13-3-5(6)8(16)7-4-17-15-14-7/h1-4H. The summed E-state index contributed by atoms with van der Waals surface area (Å²) in [6, 6.07) is 0.757. The molecule has 17 heavy (non-hydrogen) atoms. The lowest BCUT2D eigenvalue weighted by molar-refractivity contribution is -0.137. The summed E-state index contributed by atoms with van der Waals surface area (Å²) in [5, 5.41) is 4.73. The van der Waals surface area contributed by atoms with Crippen molar-refractivity contribution in [1.82, 2.24) is 14.6 Å². The van der Waals surface area contributed by atoms with E-state index in [1.54, 1.807) is 0 Å². The zero-order valence-electron chi connectivity index (χ0n) is 8.10. The molecule has 2 aromatic heterocycles. The highest BCUT2D eigenvalue weighted by atomic mass is 32.1. The number of halogens is 3. The SMILES string of the molecule is O=C(c1csnn1)c1cnccc1C(F)(F)F. The van der Waals surface area contributed by atoms with Crippen molar-refractivity contribution in [3.63, 3.8) is 0 Å². The quantitative estimate of drug-likeness (QED) is 0.776. The van der Waals surface area contributed by atoms with E-state index in [0.29, 0.717) is 0 Å². The van der Waals surface area contributed by atoms with Crippen molar-refractivity contribution in [1.29, 1.82) is 0 Å². The van der Waals surface area contributed by atoms with E-state index < -0.39 is 23.1 Å². The minimum atomic E-state index is -4.60. The Kier molecular flexibility index (Phi) is 2.88. The molecule has 0 saturated carbocycles. The highest BCUT2D eigenvalue weighted by molar-refractivity contribution is 7.03. The number of nitrogens with zero attached hydrogens (tertiary/aromatic N) is 3. The van der Waals surface area contributed by atoms with Gasteiger partial charge in [-0.2, -0.15) is 13.2 Å². The smallest absolute Gasteiger partial charge is 0.287 e. The highest BCUT2D eigenvalue weighted by Gasteiger charge is 2.35. The number of ketones is 1. The number of alkyl halides is 3. The van der Waals surface area contributed by atoms with E-state index in [0.717, 1.165) is 30.0 Å². The Hall–Kier alpha value is -1.83. The van der Waals surface area contributed by atoms with Crippen molar-refractivity contribution in [3.8, 4) is 0 Å². The van der Waals surface area contributed by atoms with Crippen LogP contribution in [0.5, 0.6) is 0 Å². The first kappa shape index (κ1) is 11.6. The molecule has 0 unspecified atom stereocenters. The molecule has 88 valence electrons. The van der Waals surface area contributed by atoms with Gasteiger partial charge in [0, 0.05) is 17.8 Å². The summed E-state index contributed by atoms with van der Waals surface area (Å²) >= 11 is 0.892. The van der Waals surface area contributed by atoms with Gasteiger partial charge in [0.2, 0.25) is 5.78 Å². The van der Waals surface area contributed by atoms with Gasteiger partial charge >= 0.3 is 6.18 Å². The maximum atomic E-state index is 12.6. The van der Waals surface area contributed by atoms with Crippen LogP contribution in [0.2, 0.25) is 0 Å². The minimum absolute atomic E-state index is 0.117. The second-order valence-electron chi connectivity index (χ2n) is 3.04. The molecule has 0 saturated heterocycles. The van der Waals surface area contributed by atoms with Gasteiger partial charge < -0.3 is 0 Å². The topological polar surface area (TPSA) is 55.7 Å². The second-order valence-corrected chi connectivity index (χ2v) is 3.65. The predicted molar refractivity (Wildman–Crippen MR) is 52.6 cm³/mol. The Morgan fingerprint density at radius 3 is 2.71 bits per heavy atom. The molecule has 0 aliphatic carbocycles. The molecular formula is C9H4F3N3OS. The highest BCUT2D eigenvalue weighted by Crippen LogP contribution is 2.32. The third kappa shape index (κ3) is 2.31. The number of carbonyl (C=O) groups is 1. The zero-order chi connectivity index (χ0) is 12.5. The molecule has 2 aromatic rings. The molecule has 4 nitrogen and oxygen atoms in total. The fourth-order valence-electron chi connectivity index (χ4n) is 1.22. The maximum Gasteiger partial charge on any atom is 0.417 e. The summed E-state index contributed by atoms with van der Waals surface area (Å²) in [6.07, 6.45) is -2.74. The van der Waals surface area contributed by atoms with E-state index in [1.165, 1.54) is 5.38 Å². The van der Waals surface area contributed by atoms with Gasteiger partial charge in [-0.1, -0.05) is 4.49 Å². The van der Waals surface area contributed by atoms with Crippen LogP contribution in [0, 0.1) is 0 Å². The lowest BCUT2D eigenvalue weighted by atomic mass is 10.0. The number of hydrogen-bond acceptors (Lipinski definition) is 5. The molecule has 0 amide bonds. The average molecular weight is 259 g/mol. The van der Waals surface area contributed by atoms with Gasteiger partial charge in [0.25, 0.3) is 0 Å². The van der Waals surface area contributed by atoms with Crippen LogP contribution in [0.15, 0.2) is 23.8 Å². The Balaban J connectivity index is 2.50. The number of pyridine rings is 1. The lowest BCUT2D eigenvalue weighted by Crippen LogP contribution is -2.14. The number of rotatable bonds is 2. The molecule has 2 heterocycles. The average Bonchev–Trinajstić information content (AvgIpc) is 2.80. The molecule has 0 aliphatic heterocycles. The van der Waals surface area contributed by atoms with Crippen LogP contribution in [-0.4, -0.2) is 20.4 Å². The monoisotopic (exact) mass is 259 g/mol. The molecule has 0 radical (unpaired) electrons. The molecular weight excluding hydrogens is 255 g/mol. The van der Waals surface area contributed by atoms with E-state index in [4.69, 9.17) is 0 Å². The summed E-state index contributed by atoms with van der Waals surface area (Å²) in [4.78, 5) is 15.3. The van der Waals surface area contributed by atoms with Crippen molar-refractivity contribution < 1.29 is 18.0 Å². The van der Waals surface area contributed by atoms with Gasteiger partial charge in [0.05, 0.1) is 11.1 Å². The first-order valence-electron chi connectivity index (χ1n) is 4.33. The van der Waals surface area contributed by atoms with Crippen molar-refractivity contribution in [2.24, 2.45) is 0 Å². The molecule has 2 rings (SSSR count). The molecule has 0 spiro atoms. The predicted octanol–water partition coefficient (Wildman–Crippen LogP) is 2.18.